The van der Waals surface area contributed by atoms with Gasteiger partial charge in [0.25, 0.3) is 0 Å². The van der Waals surface area contributed by atoms with Crippen LogP contribution in [0.5, 0.6) is 0 Å². The summed E-state index contributed by atoms with van der Waals surface area (Å²) < 4.78 is 11.5. The molecule has 3 aliphatic rings. The van der Waals surface area contributed by atoms with E-state index in [0.29, 0.717) is 10.6 Å². The van der Waals surface area contributed by atoms with Gasteiger partial charge < -0.3 is 9.47 Å². The number of ether oxygens (including phenoxy) is 2. The van der Waals surface area contributed by atoms with Crippen LogP contribution in [0, 0.1) is 56.2 Å². The molecule has 120 valence electrons. The maximum Gasteiger partial charge on any atom is 0.215 e. The Bertz CT molecular complexity index is 851. The highest BCUT2D eigenvalue weighted by atomic mass is 35.5. The first-order valence-corrected chi connectivity index (χ1v) is 7.65. The molecule has 3 aliphatic heterocycles. The van der Waals surface area contributed by atoms with E-state index in [2.05, 4.69) is 0 Å². The minimum absolute atomic E-state index is 0.332. The molecule has 0 saturated carbocycles. The summed E-state index contributed by atoms with van der Waals surface area (Å²) in [6.45, 7) is 3.19. The number of halogens is 1. The van der Waals surface area contributed by atoms with E-state index < -0.39 is 34.5 Å². The van der Waals surface area contributed by atoms with Crippen LogP contribution in [0.15, 0.2) is 24.3 Å². The molecule has 2 bridgehead atoms. The smallest absolute Gasteiger partial charge is 0.215 e. The molecule has 0 aliphatic carbocycles. The standard InChI is InChI=1S/C17H13ClN4O2/c1-10-15(2)23-13(11-5-3-4-6-12(11)18)17(9-21,14(22)24-15)16(10,7-19)8-20/h3-6,10,13,22H,1-2H3/t10-,13+,15+,17-/m0/s1. The van der Waals surface area contributed by atoms with Crippen LogP contribution in [-0.2, 0) is 9.47 Å². The van der Waals surface area contributed by atoms with E-state index in [-0.39, 0.29) is 0 Å². The lowest BCUT2D eigenvalue weighted by Crippen LogP contribution is -2.71. The highest BCUT2D eigenvalue weighted by Crippen LogP contribution is 2.66. The lowest BCUT2D eigenvalue weighted by atomic mass is 9.51. The van der Waals surface area contributed by atoms with Crippen LogP contribution in [-0.4, -0.2) is 11.7 Å². The quantitative estimate of drug-likeness (QED) is 0.842. The zero-order valence-electron chi connectivity index (χ0n) is 13.0. The van der Waals surface area contributed by atoms with Crippen LogP contribution in [0.25, 0.3) is 0 Å². The molecule has 6 nitrogen and oxygen atoms in total. The van der Waals surface area contributed by atoms with Gasteiger partial charge in [0.05, 0.1) is 24.1 Å². The number of nitrogens with one attached hydrogen (secondary N) is 1. The summed E-state index contributed by atoms with van der Waals surface area (Å²) >= 11 is 6.26. The molecule has 0 unspecified atom stereocenters. The first-order chi connectivity index (χ1) is 11.3. The lowest BCUT2D eigenvalue weighted by molar-refractivity contribution is -0.338. The zero-order valence-corrected chi connectivity index (χ0v) is 13.8. The van der Waals surface area contributed by atoms with E-state index in [4.69, 9.17) is 26.5 Å². The zero-order chi connectivity index (χ0) is 17.8. The Hall–Kier alpha value is -2.59. The molecule has 3 fully saturated rings. The second kappa shape index (κ2) is 4.95. The second-order valence-electron chi connectivity index (χ2n) is 6.14. The third-order valence-electron chi connectivity index (χ3n) is 5.18. The van der Waals surface area contributed by atoms with Gasteiger partial charge in [0.2, 0.25) is 11.7 Å². The molecule has 7 heteroatoms. The maximum absolute atomic E-state index is 9.96. The van der Waals surface area contributed by atoms with Gasteiger partial charge in [-0.3, -0.25) is 5.41 Å². The summed E-state index contributed by atoms with van der Waals surface area (Å²) in [6, 6.07) is 12.7. The van der Waals surface area contributed by atoms with E-state index in [9.17, 15) is 15.8 Å². The van der Waals surface area contributed by atoms with Gasteiger partial charge >= 0.3 is 0 Å². The first-order valence-electron chi connectivity index (χ1n) is 7.27. The highest BCUT2D eigenvalue weighted by Gasteiger charge is 2.78. The van der Waals surface area contributed by atoms with Gasteiger partial charge in [0, 0.05) is 17.5 Å². The van der Waals surface area contributed by atoms with E-state index in [1.807, 2.05) is 18.2 Å². The van der Waals surface area contributed by atoms with Crippen molar-refractivity contribution in [2.75, 3.05) is 0 Å². The molecule has 1 aromatic rings. The van der Waals surface area contributed by atoms with E-state index in [0.717, 1.165) is 0 Å². The number of nitriles is 3. The highest BCUT2D eigenvalue weighted by molar-refractivity contribution is 6.31. The Morgan fingerprint density at radius 3 is 2.33 bits per heavy atom. The molecule has 4 rings (SSSR count). The number of hydrogen-bond donors (Lipinski definition) is 1. The summed E-state index contributed by atoms with van der Waals surface area (Å²) in [5.74, 6) is -2.57. The molecule has 0 spiro atoms. The Kier molecular flexibility index (Phi) is 3.36. The number of hydrogen-bond acceptors (Lipinski definition) is 6. The Balaban J connectivity index is 2.37. The van der Waals surface area contributed by atoms with Crippen molar-refractivity contribution in [3.63, 3.8) is 0 Å². The van der Waals surface area contributed by atoms with Crippen molar-refractivity contribution in [3.8, 4) is 18.2 Å². The minimum atomic E-state index is -1.90. The van der Waals surface area contributed by atoms with Gasteiger partial charge in [-0.1, -0.05) is 36.7 Å². The van der Waals surface area contributed by atoms with E-state index >= 15 is 0 Å². The average molecular weight is 341 g/mol. The largest absolute Gasteiger partial charge is 0.448 e. The summed E-state index contributed by atoms with van der Waals surface area (Å²) in [6.07, 6.45) is -1.06. The van der Waals surface area contributed by atoms with Crippen LogP contribution in [0.4, 0.5) is 0 Å². The van der Waals surface area contributed by atoms with Gasteiger partial charge in [-0.05, 0) is 6.07 Å². The summed E-state index contributed by atoms with van der Waals surface area (Å²) in [4.78, 5) is 0. The molecule has 1 aromatic carbocycles. The normalized spacial score (nSPS) is 36.1. The summed E-state index contributed by atoms with van der Waals surface area (Å²) in [7, 11) is 0. The third-order valence-corrected chi connectivity index (χ3v) is 5.53. The van der Waals surface area contributed by atoms with Crippen molar-refractivity contribution in [3.05, 3.63) is 34.9 Å². The maximum atomic E-state index is 9.96. The minimum Gasteiger partial charge on any atom is -0.448 e. The third kappa shape index (κ3) is 1.59. The fourth-order valence-electron chi connectivity index (χ4n) is 3.64. The fraction of sp³-hybridized carbons (Fsp3) is 0.412. The van der Waals surface area contributed by atoms with Crippen molar-refractivity contribution in [2.45, 2.75) is 25.7 Å². The number of rotatable bonds is 1. The van der Waals surface area contributed by atoms with Crippen LogP contribution < -0.4 is 0 Å². The molecule has 1 N–H and O–H groups in total. The van der Waals surface area contributed by atoms with Crippen LogP contribution in [0.1, 0.15) is 25.5 Å². The Morgan fingerprint density at radius 1 is 1.17 bits per heavy atom. The molecule has 4 atom stereocenters. The molecule has 3 heterocycles. The van der Waals surface area contributed by atoms with E-state index in [1.165, 1.54) is 0 Å². The van der Waals surface area contributed by atoms with Gasteiger partial charge in [-0.15, -0.1) is 0 Å². The van der Waals surface area contributed by atoms with Gasteiger partial charge in [-0.25, -0.2) is 0 Å². The van der Waals surface area contributed by atoms with Crippen molar-refractivity contribution < 1.29 is 9.47 Å². The molecular formula is C17H13ClN4O2. The predicted octanol–water partition coefficient (Wildman–Crippen LogP) is 3.31. The van der Waals surface area contributed by atoms with Crippen molar-refractivity contribution >= 4 is 17.5 Å². The van der Waals surface area contributed by atoms with Crippen LogP contribution in [0.2, 0.25) is 5.02 Å². The van der Waals surface area contributed by atoms with Crippen LogP contribution >= 0.6 is 11.6 Å². The van der Waals surface area contributed by atoms with Crippen LogP contribution in [0.3, 0.4) is 0 Å². The molecule has 0 amide bonds. The average Bonchev–Trinajstić information content (AvgIpc) is 2.57. The summed E-state index contributed by atoms with van der Waals surface area (Å²) in [5.41, 5.74) is -3.26. The number of nitrogens with zero attached hydrogens (tertiary/aromatic N) is 3. The topological polar surface area (TPSA) is 114 Å². The van der Waals surface area contributed by atoms with Crippen molar-refractivity contribution in [1.82, 2.24) is 0 Å². The first kappa shape index (κ1) is 16.3. The molecule has 0 aromatic heterocycles. The van der Waals surface area contributed by atoms with E-state index in [1.54, 1.807) is 38.1 Å². The Morgan fingerprint density at radius 2 is 1.79 bits per heavy atom. The molecule has 0 radical (unpaired) electrons. The van der Waals surface area contributed by atoms with Gasteiger partial charge in [0.15, 0.2) is 10.8 Å². The molecule has 3 saturated heterocycles. The monoisotopic (exact) mass is 340 g/mol. The van der Waals surface area contributed by atoms with Crippen molar-refractivity contribution in [1.29, 1.82) is 21.2 Å². The summed E-state index contributed by atoms with van der Waals surface area (Å²) in [5, 5.41) is 38.2. The molecular weight excluding hydrogens is 328 g/mol. The fourth-order valence-corrected chi connectivity index (χ4v) is 3.87. The second-order valence-corrected chi connectivity index (χ2v) is 6.55. The Labute approximate surface area is 144 Å². The van der Waals surface area contributed by atoms with Gasteiger partial charge in [-0.2, -0.15) is 15.8 Å². The number of fused-ring (bicyclic) bond motifs is 3. The number of benzene rings is 1. The lowest BCUT2D eigenvalue weighted by Gasteiger charge is -2.60. The predicted molar refractivity (Wildman–Crippen MR) is 83.4 cm³/mol. The SMILES string of the molecule is C[C@@H]1C(C#N)(C#N)[C@]2(C#N)C(=N)O[C@@]1(C)O[C@@H]2c1ccccc1Cl. The van der Waals surface area contributed by atoms with Crippen molar-refractivity contribution in [2.24, 2.45) is 16.7 Å². The molecule has 24 heavy (non-hydrogen) atoms. The van der Waals surface area contributed by atoms with Gasteiger partial charge in [0.1, 0.15) is 6.10 Å².